The van der Waals surface area contributed by atoms with Crippen LogP contribution in [0.1, 0.15) is 44.3 Å². The van der Waals surface area contributed by atoms with Crippen molar-refractivity contribution in [3.8, 4) is 0 Å². The van der Waals surface area contributed by atoms with Gasteiger partial charge in [-0.25, -0.2) is 4.98 Å². The smallest absolute Gasteiger partial charge is 0.113 e. The summed E-state index contributed by atoms with van der Waals surface area (Å²) in [6.45, 7) is 3.26. The SMILES string of the molecule is CCCn1c(C2CCC(N)C2)nc2cc(Br)ccc21. The molecule has 1 aliphatic carbocycles. The van der Waals surface area contributed by atoms with E-state index in [0.29, 0.717) is 12.0 Å². The summed E-state index contributed by atoms with van der Waals surface area (Å²) in [5.74, 6) is 1.77. The molecule has 1 aliphatic rings. The number of benzene rings is 1. The highest BCUT2D eigenvalue weighted by Crippen LogP contribution is 2.35. The Morgan fingerprint density at radius 1 is 1.42 bits per heavy atom. The highest BCUT2D eigenvalue weighted by molar-refractivity contribution is 9.10. The molecule has 3 nitrogen and oxygen atoms in total. The van der Waals surface area contributed by atoms with Gasteiger partial charge in [0.25, 0.3) is 0 Å². The molecule has 0 aliphatic heterocycles. The number of halogens is 1. The lowest BCUT2D eigenvalue weighted by molar-refractivity contribution is 0.577. The first-order valence-electron chi connectivity index (χ1n) is 7.10. The van der Waals surface area contributed by atoms with Gasteiger partial charge in [-0.15, -0.1) is 0 Å². The molecule has 2 N–H and O–H groups in total. The fourth-order valence-corrected chi connectivity index (χ4v) is 3.49. The van der Waals surface area contributed by atoms with Crippen LogP contribution in [0.15, 0.2) is 22.7 Å². The van der Waals surface area contributed by atoms with Gasteiger partial charge in [0.15, 0.2) is 0 Å². The van der Waals surface area contributed by atoms with Gasteiger partial charge >= 0.3 is 0 Å². The van der Waals surface area contributed by atoms with Crippen LogP contribution in [0.4, 0.5) is 0 Å². The molecule has 102 valence electrons. The molecule has 4 heteroatoms. The topological polar surface area (TPSA) is 43.8 Å². The van der Waals surface area contributed by atoms with Gasteiger partial charge in [0.05, 0.1) is 11.0 Å². The summed E-state index contributed by atoms with van der Waals surface area (Å²) in [5, 5.41) is 0. The van der Waals surface area contributed by atoms with Gasteiger partial charge in [-0.2, -0.15) is 0 Å². The summed E-state index contributed by atoms with van der Waals surface area (Å²) in [5.41, 5.74) is 8.41. The summed E-state index contributed by atoms with van der Waals surface area (Å²) >= 11 is 3.53. The normalized spacial score (nSPS) is 23.3. The Hall–Kier alpha value is -0.870. The zero-order valence-corrected chi connectivity index (χ0v) is 12.9. The molecule has 1 heterocycles. The number of nitrogens with two attached hydrogens (primary N) is 1. The van der Waals surface area contributed by atoms with Gasteiger partial charge in [0.2, 0.25) is 0 Å². The van der Waals surface area contributed by atoms with Crippen molar-refractivity contribution in [1.82, 2.24) is 9.55 Å². The summed E-state index contributed by atoms with van der Waals surface area (Å²) < 4.78 is 3.49. The van der Waals surface area contributed by atoms with Crippen molar-refractivity contribution in [1.29, 1.82) is 0 Å². The van der Waals surface area contributed by atoms with Gasteiger partial charge in [0, 0.05) is 23.0 Å². The maximum absolute atomic E-state index is 6.06. The van der Waals surface area contributed by atoms with Gasteiger partial charge in [-0.3, -0.25) is 0 Å². The number of imidazole rings is 1. The third-order valence-corrected chi connectivity index (χ3v) is 4.52. The third kappa shape index (κ3) is 2.43. The van der Waals surface area contributed by atoms with Crippen molar-refractivity contribution in [2.75, 3.05) is 0 Å². The molecular weight excluding hydrogens is 302 g/mol. The summed E-state index contributed by atoms with van der Waals surface area (Å²) in [7, 11) is 0. The Morgan fingerprint density at radius 3 is 2.95 bits per heavy atom. The van der Waals surface area contributed by atoms with Crippen molar-refractivity contribution < 1.29 is 0 Å². The minimum absolute atomic E-state index is 0.353. The van der Waals surface area contributed by atoms with Crippen LogP contribution in [-0.4, -0.2) is 15.6 Å². The van der Waals surface area contributed by atoms with Crippen molar-refractivity contribution in [3.63, 3.8) is 0 Å². The standard InChI is InChI=1S/C15H20BrN3/c1-2-7-19-14-6-4-11(16)9-13(14)18-15(19)10-3-5-12(17)8-10/h4,6,9-10,12H,2-3,5,7-8,17H2,1H3. The van der Waals surface area contributed by atoms with Crippen LogP contribution in [0.2, 0.25) is 0 Å². The minimum atomic E-state index is 0.353. The zero-order chi connectivity index (χ0) is 13.4. The number of nitrogens with zero attached hydrogens (tertiary/aromatic N) is 2. The van der Waals surface area contributed by atoms with E-state index in [0.717, 1.165) is 35.8 Å². The van der Waals surface area contributed by atoms with E-state index in [1.165, 1.54) is 17.8 Å². The third-order valence-electron chi connectivity index (χ3n) is 4.03. The van der Waals surface area contributed by atoms with Crippen LogP contribution in [0, 0.1) is 0 Å². The van der Waals surface area contributed by atoms with Crippen molar-refractivity contribution in [2.24, 2.45) is 5.73 Å². The molecule has 2 aromatic rings. The molecule has 1 aromatic carbocycles. The number of aryl methyl sites for hydroxylation is 1. The zero-order valence-electron chi connectivity index (χ0n) is 11.3. The van der Waals surface area contributed by atoms with Crippen molar-refractivity contribution >= 4 is 27.0 Å². The summed E-state index contributed by atoms with van der Waals surface area (Å²) in [6, 6.07) is 6.73. The fraction of sp³-hybridized carbons (Fsp3) is 0.533. The van der Waals surface area contributed by atoms with Gasteiger partial charge in [-0.05, 0) is 43.9 Å². The molecule has 0 bridgehead atoms. The highest BCUT2D eigenvalue weighted by Gasteiger charge is 2.27. The second-order valence-electron chi connectivity index (χ2n) is 5.52. The molecule has 1 aromatic heterocycles. The average molecular weight is 322 g/mol. The van der Waals surface area contributed by atoms with Gasteiger partial charge in [-0.1, -0.05) is 22.9 Å². The van der Waals surface area contributed by atoms with Crippen molar-refractivity contribution in [3.05, 3.63) is 28.5 Å². The quantitative estimate of drug-likeness (QED) is 0.934. The first-order chi connectivity index (χ1) is 9.19. The largest absolute Gasteiger partial charge is 0.328 e. The molecule has 0 spiro atoms. The van der Waals surface area contributed by atoms with E-state index in [-0.39, 0.29) is 0 Å². The average Bonchev–Trinajstić information content (AvgIpc) is 2.94. The maximum atomic E-state index is 6.06. The molecule has 19 heavy (non-hydrogen) atoms. The number of aromatic nitrogens is 2. The van der Waals surface area contributed by atoms with Crippen LogP contribution in [0.5, 0.6) is 0 Å². The second kappa shape index (κ2) is 5.25. The van der Waals surface area contributed by atoms with E-state index < -0.39 is 0 Å². The summed E-state index contributed by atoms with van der Waals surface area (Å²) in [6.07, 6.45) is 4.51. The van der Waals surface area contributed by atoms with Crippen LogP contribution in [0.3, 0.4) is 0 Å². The van der Waals surface area contributed by atoms with E-state index in [1.54, 1.807) is 0 Å². The van der Waals surface area contributed by atoms with E-state index in [2.05, 4.69) is 45.6 Å². The van der Waals surface area contributed by atoms with E-state index in [4.69, 9.17) is 10.7 Å². The first kappa shape index (κ1) is 13.1. The van der Waals surface area contributed by atoms with Crippen LogP contribution in [0.25, 0.3) is 11.0 Å². The molecule has 2 unspecified atom stereocenters. The van der Waals surface area contributed by atoms with E-state index >= 15 is 0 Å². The Kier molecular flexibility index (Phi) is 3.63. The minimum Gasteiger partial charge on any atom is -0.328 e. The lowest BCUT2D eigenvalue weighted by atomic mass is 10.1. The predicted octanol–water partition coefficient (Wildman–Crippen LogP) is 3.80. The van der Waals surface area contributed by atoms with Crippen LogP contribution < -0.4 is 5.73 Å². The first-order valence-corrected chi connectivity index (χ1v) is 7.89. The summed E-state index contributed by atoms with van der Waals surface area (Å²) in [4.78, 5) is 4.89. The predicted molar refractivity (Wildman–Crippen MR) is 82.3 cm³/mol. The Labute approximate surface area is 122 Å². The van der Waals surface area contributed by atoms with E-state index in [9.17, 15) is 0 Å². The van der Waals surface area contributed by atoms with Gasteiger partial charge in [0.1, 0.15) is 5.82 Å². The molecule has 0 radical (unpaired) electrons. The Morgan fingerprint density at radius 2 is 2.26 bits per heavy atom. The molecule has 0 amide bonds. The lowest BCUT2D eigenvalue weighted by Gasteiger charge is -2.13. The Balaban J connectivity index is 2.09. The van der Waals surface area contributed by atoms with E-state index in [1.807, 2.05) is 0 Å². The highest BCUT2D eigenvalue weighted by atomic mass is 79.9. The van der Waals surface area contributed by atoms with Crippen molar-refractivity contribution in [2.45, 2.75) is 51.1 Å². The molecule has 0 saturated heterocycles. The fourth-order valence-electron chi connectivity index (χ4n) is 3.14. The monoisotopic (exact) mass is 321 g/mol. The lowest BCUT2D eigenvalue weighted by Crippen LogP contribution is -2.15. The van der Waals surface area contributed by atoms with Crippen LogP contribution >= 0.6 is 15.9 Å². The maximum Gasteiger partial charge on any atom is 0.113 e. The molecular formula is C15H20BrN3. The number of fused-ring (bicyclic) bond motifs is 1. The van der Waals surface area contributed by atoms with Gasteiger partial charge < -0.3 is 10.3 Å². The number of rotatable bonds is 3. The number of hydrogen-bond acceptors (Lipinski definition) is 2. The number of hydrogen-bond donors (Lipinski definition) is 1. The van der Waals surface area contributed by atoms with Crippen LogP contribution in [-0.2, 0) is 6.54 Å². The second-order valence-corrected chi connectivity index (χ2v) is 6.44. The molecule has 1 saturated carbocycles. The molecule has 2 atom stereocenters. The molecule has 3 rings (SSSR count). The Bertz CT molecular complexity index is 590. The molecule has 1 fully saturated rings.